The van der Waals surface area contributed by atoms with Crippen molar-refractivity contribution < 1.29 is 29.7 Å². The molecule has 0 unspecified atom stereocenters. The third-order valence-electron chi connectivity index (χ3n) is 6.62. The van der Waals surface area contributed by atoms with Crippen molar-refractivity contribution in [2.75, 3.05) is 0 Å². The fourth-order valence-electron chi connectivity index (χ4n) is 4.48. The van der Waals surface area contributed by atoms with E-state index in [0.29, 0.717) is 6.42 Å². The zero-order valence-corrected chi connectivity index (χ0v) is 24.6. The molecular weight excluding hydrogens is 539 g/mol. The Morgan fingerprint density at radius 1 is 0.615 bits per heavy atom. The van der Waals surface area contributed by atoms with Gasteiger partial charge >= 0.3 is 17.9 Å². The van der Waals surface area contributed by atoms with E-state index < -0.39 is 17.9 Å². The van der Waals surface area contributed by atoms with Crippen LogP contribution in [-0.2, 0) is 12.8 Å². The molecule has 0 saturated carbocycles. The van der Waals surface area contributed by atoms with Crippen molar-refractivity contribution in [2.45, 2.75) is 104 Å². The first kappa shape index (κ1) is 34.5. The molecule has 0 aliphatic heterocycles. The highest BCUT2D eigenvalue weighted by Crippen LogP contribution is 2.26. The van der Waals surface area contributed by atoms with Crippen LogP contribution in [0.1, 0.15) is 133 Å². The first-order valence-corrected chi connectivity index (χ1v) is 14.7. The van der Waals surface area contributed by atoms with Crippen LogP contribution in [0.5, 0.6) is 0 Å². The van der Waals surface area contributed by atoms with Crippen LogP contribution in [0.3, 0.4) is 0 Å². The number of hydrogen-bond acceptors (Lipinski definition) is 3. The minimum atomic E-state index is -1.16. The Morgan fingerprint density at radius 3 is 1.62 bits per heavy atom. The molecule has 0 heterocycles. The zero-order valence-electron chi connectivity index (χ0n) is 23.1. The molecular formula is C31H42Cl2O6. The van der Waals surface area contributed by atoms with Crippen LogP contribution in [0.4, 0.5) is 0 Å². The van der Waals surface area contributed by atoms with E-state index in [1.54, 1.807) is 0 Å². The van der Waals surface area contributed by atoms with Crippen LogP contribution in [0.25, 0.3) is 0 Å². The van der Waals surface area contributed by atoms with Crippen LogP contribution < -0.4 is 0 Å². The van der Waals surface area contributed by atoms with Gasteiger partial charge in [0.1, 0.15) is 0 Å². The monoisotopic (exact) mass is 580 g/mol. The Labute approximate surface area is 242 Å². The summed E-state index contributed by atoms with van der Waals surface area (Å²) in [4.78, 5) is 33.8. The van der Waals surface area contributed by atoms with Crippen LogP contribution in [0.2, 0.25) is 10.0 Å². The number of carboxylic acids is 3. The Morgan fingerprint density at radius 2 is 1.13 bits per heavy atom. The second kappa shape index (κ2) is 19.5. The van der Waals surface area contributed by atoms with Gasteiger partial charge in [0.15, 0.2) is 0 Å². The van der Waals surface area contributed by atoms with Gasteiger partial charge in [0.05, 0.1) is 26.7 Å². The molecule has 0 aliphatic carbocycles. The van der Waals surface area contributed by atoms with Crippen molar-refractivity contribution in [3.05, 3.63) is 68.2 Å². The summed E-state index contributed by atoms with van der Waals surface area (Å²) in [5.74, 6) is -3.35. The number of carbonyl (C=O) groups is 3. The van der Waals surface area contributed by atoms with Crippen LogP contribution in [0.15, 0.2) is 30.3 Å². The second-order valence-corrected chi connectivity index (χ2v) is 10.5. The van der Waals surface area contributed by atoms with Crippen LogP contribution in [-0.4, -0.2) is 33.2 Å². The normalized spacial score (nSPS) is 10.6. The molecule has 0 aliphatic rings. The van der Waals surface area contributed by atoms with Gasteiger partial charge in [-0.1, -0.05) is 113 Å². The number of unbranched alkanes of at least 4 members (excludes halogenated alkanes) is 10. The molecule has 3 N–H and O–H groups in total. The predicted octanol–water partition coefficient (Wildman–Crippen LogP) is 9.58. The van der Waals surface area contributed by atoms with E-state index in [9.17, 15) is 24.6 Å². The zero-order chi connectivity index (χ0) is 29.2. The SMILES string of the molecule is CCCCCCCCc1ccc(C(=O)O)c(C(=O)O)c1CCCCCCCC.O=C(O)c1cccc(Cl)c1Cl. The van der Waals surface area contributed by atoms with E-state index in [1.165, 1.54) is 69.2 Å². The average molecular weight is 582 g/mol. The summed E-state index contributed by atoms with van der Waals surface area (Å²) < 4.78 is 0. The van der Waals surface area contributed by atoms with Gasteiger partial charge in [-0.15, -0.1) is 0 Å². The predicted molar refractivity (Wildman–Crippen MR) is 158 cm³/mol. The molecule has 6 nitrogen and oxygen atoms in total. The maximum absolute atomic E-state index is 11.9. The molecule has 0 spiro atoms. The van der Waals surface area contributed by atoms with Gasteiger partial charge in [0.25, 0.3) is 0 Å². The first-order chi connectivity index (χ1) is 18.6. The van der Waals surface area contributed by atoms with E-state index in [-0.39, 0.29) is 26.7 Å². The van der Waals surface area contributed by atoms with Gasteiger partial charge in [0.2, 0.25) is 0 Å². The summed E-state index contributed by atoms with van der Waals surface area (Å²) in [6, 6.07) is 7.79. The molecule has 0 radical (unpaired) electrons. The maximum atomic E-state index is 11.9. The Balaban J connectivity index is 0.000000573. The van der Waals surface area contributed by atoms with Crippen molar-refractivity contribution in [1.29, 1.82) is 0 Å². The minimum absolute atomic E-state index is 0.00420. The maximum Gasteiger partial charge on any atom is 0.337 e. The van der Waals surface area contributed by atoms with E-state index in [1.807, 2.05) is 6.07 Å². The summed E-state index contributed by atoms with van der Waals surface area (Å²) in [6.07, 6.45) is 15.4. The lowest BCUT2D eigenvalue weighted by Gasteiger charge is -2.15. The summed E-state index contributed by atoms with van der Waals surface area (Å²) in [7, 11) is 0. The molecule has 2 aromatic rings. The molecule has 0 atom stereocenters. The van der Waals surface area contributed by atoms with E-state index >= 15 is 0 Å². The molecule has 39 heavy (non-hydrogen) atoms. The number of carboxylic acid groups (broad SMARTS) is 3. The lowest BCUT2D eigenvalue weighted by molar-refractivity contribution is 0.0650. The molecule has 2 rings (SSSR count). The second-order valence-electron chi connectivity index (χ2n) is 9.68. The molecule has 0 saturated heterocycles. The standard InChI is InChI=1S/C24H38O4.C7H4Cl2O2/c1-3-5-7-9-11-13-15-19-17-18-21(23(25)26)22(24(27)28)20(19)16-14-12-10-8-6-4-2;8-5-3-1-2-4(6(5)9)7(10)11/h17-18H,3-16H2,1-2H3,(H,25,26)(H,27,28);1-3H,(H,10,11). The van der Waals surface area contributed by atoms with Gasteiger partial charge in [-0.05, 0) is 55.0 Å². The number of aryl methyl sites for hydroxylation is 1. The highest BCUT2D eigenvalue weighted by molar-refractivity contribution is 6.43. The number of rotatable bonds is 17. The lowest BCUT2D eigenvalue weighted by Crippen LogP contribution is -2.14. The van der Waals surface area contributed by atoms with Crippen LogP contribution >= 0.6 is 23.2 Å². The van der Waals surface area contributed by atoms with Crippen molar-refractivity contribution in [2.24, 2.45) is 0 Å². The van der Waals surface area contributed by atoms with Crippen molar-refractivity contribution in [1.82, 2.24) is 0 Å². The summed E-state index contributed by atoms with van der Waals surface area (Å²) in [5.41, 5.74) is 1.71. The molecule has 8 heteroatoms. The number of benzene rings is 2. The molecule has 0 amide bonds. The Kier molecular flexibility index (Phi) is 17.2. The number of hydrogen-bond donors (Lipinski definition) is 3. The van der Waals surface area contributed by atoms with Crippen molar-refractivity contribution in [3.8, 4) is 0 Å². The van der Waals surface area contributed by atoms with Gasteiger partial charge in [-0.3, -0.25) is 0 Å². The third kappa shape index (κ3) is 12.4. The van der Waals surface area contributed by atoms with Gasteiger partial charge < -0.3 is 15.3 Å². The first-order valence-electron chi connectivity index (χ1n) is 13.9. The number of aromatic carboxylic acids is 3. The molecule has 216 valence electrons. The fraction of sp³-hybridized carbons (Fsp3) is 0.516. The average Bonchev–Trinajstić information content (AvgIpc) is 2.89. The minimum Gasteiger partial charge on any atom is -0.478 e. The van der Waals surface area contributed by atoms with Gasteiger partial charge in [0, 0.05) is 0 Å². The molecule has 0 fully saturated rings. The molecule has 0 bridgehead atoms. The van der Waals surface area contributed by atoms with E-state index in [2.05, 4.69) is 13.8 Å². The number of halogens is 2. The van der Waals surface area contributed by atoms with Gasteiger partial charge in [-0.2, -0.15) is 0 Å². The largest absolute Gasteiger partial charge is 0.478 e. The fourth-order valence-corrected chi connectivity index (χ4v) is 4.86. The van der Waals surface area contributed by atoms with Crippen LogP contribution in [0, 0.1) is 0 Å². The van der Waals surface area contributed by atoms with E-state index in [0.717, 1.165) is 49.7 Å². The summed E-state index contributed by atoms with van der Waals surface area (Å²) in [5, 5.41) is 28.0. The topological polar surface area (TPSA) is 112 Å². The Bertz CT molecular complexity index is 1070. The Hall–Kier alpha value is -2.57. The lowest BCUT2D eigenvalue weighted by atomic mass is 9.89. The van der Waals surface area contributed by atoms with Crippen molar-refractivity contribution in [3.63, 3.8) is 0 Å². The third-order valence-corrected chi connectivity index (χ3v) is 7.44. The smallest absolute Gasteiger partial charge is 0.337 e. The van der Waals surface area contributed by atoms with E-state index in [4.69, 9.17) is 28.3 Å². The highest BCUT2D eigenvalue weighted by atomic mass is 35.5. The van der Waals surface area contributed by atoms with Gasteiger partial charge in [-0.25, -0.2) is 14.4 Å². The van der Waals surface area contributed by atoms with Crippen molar-refractivity contribution >= 4 is 41.1 Å². The summed E-state index contributed by atoms with van der Waals surface area (Å²) in [6.45, 7) is 4.39. The molecule has 0 aromatic heterocycles. The molecule has 2 aromatic carbocycles. The highest BCUT2D eigenvalue weighted by Gasteiger charge is 2.22. The summed E-state index contributed by atoms with van der Waals surface area (Å²) >= 11 is 11.1. The quantitative estimate of drug-likeness (QED) is 0.160.